The summed E-state index contributed by atoms with van der Waals surface area (Å²) in [5, 5.41) is 0. The third-order valence-electron chi connectivity index (χ3n) is 7.13. The van der Waals surface area contributed by atoms with Crippen molar-refractivity contribution in [2.75, 3.05) is 6.61 Å². The van der Waals surface area contributed by atoms with Gasteiger partial charge in [0, 0.05) is 10.7 Å². The van der Waals surface area contributed by atoms with E-state index in [0.29, 0.717) is 35.9 Å². The van der Waals surface area contributed by atoms with Crippen molar-refractivity contribution in [3.63, 3.8) is 0 Å². The zero-order valence-corrected chi connectivity index (χ0v) is 19.4. The number of esters is 1. The molecule has 4 nitrogen and oxygen atoms in total. The number of hydrogen-bond acceptors (Lipinski definition) is 4. The maximum absolute atomic E-state index is 13.3. The number of benzene rings is 2. The standard InChI is InChI=1S/C26H28BrNO3/c1-2-30-24-12-17(16-28-22-6-4-21(27)5-7-22)3-8-23(24)31-25(29)26-13-18-9-19(14-26)11-20(10-18)15-26/h3-8,12,16,18-20H,2,9-11,13-15H2,1H3. The minimum absolute atomic E-state index is 0.0520. The summed E-state index contributed by atoms with van der Waals surface area (Å²) >= 11 is 3.44. The molecule has 4 fully saturated rings. The molecule has 2 aromatic rings. The van der Waals surface area contributed by atoms with E-state index in [1.54, 1.807) is 6.21 Å². The average molecular weight is 482 g/mol. The Morgan fingerprint density at radius 3 is 2.29 bits per heavy atom. The van der Waals surface area contributed by atoms with Crippen molar-refractivity contribution in [2.24, 2.45) is 28.2 Å². The summed E-state index contributed by atoms with van der Waals surface area (Å²) in [6, 6.07) is 13.5. The van der Waals surface area contributed by atoms with Gasteiger partial charge in [0.2, 0.25) is 0 Å². The summed E-state index contributed by atoms with van der Waals surface area (Å²) in [6.07, 6.45) is 8.73. The van der Waals surface area contributed by atoms with Crippen molar-refractivity contribution in [2.45, 2.75) is 45.4 Å². The van der Waals surface area contributed by atoms with Crippen LogP contribution in [0.4, 0.5) is 5.69 Å². The van der Waals surface area contributed by atoms with E-state index in [0.717, 1.165) is 35.0 Å². The Labute approximate surface area is 192 Å². The van der Waals surface area contributed by atoms with Gasteiger partial charge in [-0.05, 0) is 111 Å². The third-order valence-corrected chi connectivity index (χ3v) is 7.66. The molecule has 0 radical (unpaired) electrons. The normalized spacial score (nSPS) is 28.8. The van der Waals surface area contributed by atoms with Crippen molar-refractivity contribution in [3.05, 3.63) is 52.5 Å². The molecule has 0 amide bonds. The lowest BCUT2D eigenvalue weighted by molar-refractivity contribution is -0.161. The van der Waals surface area contributed by atoms with E-state index in [4.69, 9.17) is 9.47 Å². The number of ether oxygens (including phenoxy) is 2. The Morgan fingerprint density at radius 1 is 1.03 bits per heavy atom. The lowest BCUT2D eigenvalue weighted by Gasteiger charge is -2.55. The summed E-state index contributed by atoms with van der Waals surface area (Å²) in [5.74, 6) is 3.19. The van der Waals surface area contributed by atoms with Crippen LogP contribution in [0, 0.1) is 23.2 Å². The molecule has 31 heavy (non-hydrogen) atoms. The first-order valence-electron chi connectivity index (χ1n) is 11.3. The van der Waals surface area contributed by atoms with Crippen molar-refractivity contribution in [3.8, 4) is 11.5 Å². The number of halogens is 1. The van der Waals surface area contributed by atoms with Crippen LogP contribution in [0.25, 0.3) is 0 Å². The molecule has 0 N–H and O–H groups in total. The minimum Gasteiger partial charge on any atom is -0.490 e. The molecule has 0 saturated heterocycles. The molecule has 6 rings (SSSR count). The molecule has 2 aromatic carbocycles. The minimum atomic E-state index is -0.278. The summed E-state index contributed by atoms with van der Waals surface area (Å²) in [7, 11) is 0. The molecule has 4 aliphatic rings. The van der Waals surface area contributed by atoms with Gasteiger partial charge in [0.25, 0.3) is 0 Å². The molecule has 162 valence electrons. The Morgan fingerprint density at radius 2 is 1.68 bits per heavy atom. The summed E-state index contributed by atoms with van der Waals surface area (Å²) < 4.78 is 12.8. The van der Waals surface area contributed by atoms with Crippen LogP contribution in [-0.2, 0) is 4.79 Å². The molecule has 0 atom stereocenters. The highest BCUT2D eigenvalue weighted by atomic mass is 79.9. The van der Waals surface area contributed by atoms with Gasteiger partial charge in [0.05, 0.1) is 17.7 Å². The Kier molecular flexibility index (Phi) is 5.63. The molecule has 0 spiro atoms. The van der Waals surface area contributed by atoms with E-state index < -0.39 is 0 Å². The van der Waals surface area contributed by atoms with Crippen LogP contribution in [0.3, 0.4) is 0 Å². The van der Waals surface area contributed by atoms with Crippen molar-refractivity contribution >= 4 is 33.8 Å². The number of carbonyl (C=O) groups is 1. The van der Waals surface area contributed by atoms with Gasteiger partial charge in [-0.3, -0.25) is 9.79 Å². The first-order chi connectivity index (χ1) is 15.0. The Hall–Kier alpha value is -2.14. The zero-order chi connectivity index (χ0) is 21.4. The van der Waals surface area contributed by atoms with Crippen molar-refractivity contribution < 1.29 is 14.3 Å². The highest BCUT2D eigenvalue weighted by Gasteiger charge is 2.55. The molecule has 4 aliphatic carbocycles. The van der Waals surface area contributed by atoms with Gasteiger partial charge >= 0.3 is 5.97 Å². The predicted molar refractivity (Wildman–Crippen MR) is 125 cm³/mol. The van der Waals surface area contributed by atoms with Crippen LogP contribution < -0.4 is 9.47 Å². The zero-order valence-electron chi connectivity index (χ0n) is 17.9. The number of nitrogens with zero attached hydrogens (tertiary/aromatic N) is 1. The van der Waals surface area contributed by atoms with E-state index >= 15 is 0 Å². The second kappa shape index (κ2) is 8.42. The maximum Gasteiger partial charge on any atom is 0.317 e. The van der Waals surface area contributed by atoms with E-state index in [9.17, 15) is 4.79 Å². The Bertz CT molecular complexity index is 963. The maximum atomic E-state index is 13.3. The van der Waals surface area contributed by atoms with Gasteiger partial charge in [-0.1, -0.05) is 15.9 Å². The van der Waals surface area contributed by atoms with Gasteiger partial charge in [-0.15, -0.1) is 0 Å². The summed E-state index contributed by atoms with van der Waals surface area (Å²) in [5.41, 5.74) is 1.50. The number of rotatable bonds is 6. The molecule has 0 aliphatic heterocycles. The van der Waals surface area contributed by atoms with Crippen LogP contribution in [0.5, 0.6) is 11.5 Å². The van der Waals surface area contributed by atoms with Crippen LogP contribution in [0.15, 0.2) is 51.9 Å². The van der Waals surface area contributed by atoms with Gasteiger partial charge in [-0.2, -0.15) is 0 Å². The molecular weight excluding hydrogens is 454 g/mol. The van der Waals surface area contributed by atoms with Crippen LogP contribution >= 0.6 is 15.9 Å². The molecule has 4 bridgehead atoms. The molecule has 4 saturated carbocycles. The second-order valence-electron chi connectivity index (χ2n) is 9.46. The molecule has 5 heteroatoms. The number of hydrogen-bond donors (Lipinski definition) is 0. The van der Waals surface area contributed by atoms with Crippen molar-refractivity contribution in [1.82, 2.24) is 0 Å². The fourth-order valence-corrected chi connectivity index (χ4v) is 6.47. The summed E-state index contributed by atoms with van der Waals surface area (Å²) in [4.78, 5) is 17.9. The van der Waals surface area contributed by atoms with Gasteiger partial charge in [-0.25, -0.2) is 0 Å². The Balaban J connectivity index is 1.34. The average Bonchev–Trinajstić information content (AvgIpc) is 2.74. The molecular formula is C26H28BrNO3. The highest BCUT2D eigenvalue weighted by Crippen LogP contribution is 2.60. The van der Waals surface area contributed by atoms with Gasteiger partial charge in [0.15, 0.2) is 11.5 Å². The third kappa shape index (κ3) is 4.30. The van der Waals surface area contributed by atoms with Crippen LogP contribution in [-0.4, -0.2) is 18.8 Å². The van der Waals surface area contributed by atoms with Gasteiger partial charge in [0.1, 0.15) is 0 Å². The number of aliphatic imine (C=N–C) groups is 1. The largest absolute Gasteiger partial charge is 0.490 e. The second-order valence-corrected chi connectivity index (χ2v) is 10.4. The van der Waals surface area contributed by atoms with E-state index in [2.05, 4.69) is 20.9 Å². The smallest absolute Gasteiger partial charge is 0.317 e. The van der Waals surface area contributed by atoms with Crippen molar-refractivity contribution in [1.29, 1.82) is 0 Å². The first kappa shape index (κ1) is 20.7. The quantitative estimate of drug-likeness (QED) is 0.261. The van der Waals surface area contributed by atoms with Gasteiger partial charge < -0.3 is 9.47 Å². The van der Waals surface area contributed by atoms with Crippen LogP contribution in [0.1, 0.15) is 51.0 Å². The topological polar surface area (TPSA) is 47.9 Å². The predicted octanol–water partition coefficient (Wildman–Crippen LogP) is 6.72. The van der Waals surface area contributed by atoms with Crippen LogP contribution in [0.2, 0.25) is 0 Å². The molecule has 0 unspecified atom stereocenters. The summed E-state index contributed by atoms with van der Waals surface area (Å²) in [6.45, 7) is 2.45. The number of carbonyl (C=O) groups excluding carboxylic acids is 1. The van der Waals surface area contributed by atoms with E-state index in [1.165, 1.54) is 19.3 Å². The lowest BCUT2D eigenvalue weighted by atomic mass is 9.49. The van der Waals surface area contributed by atoms with E-state index in [-0.39, 0.29) is 11.4 Å². The molecule has 0 heterocycles. The lowest BCUT2D eigenvalue weighted by Crippen LogP contribution is -2.51. The SMILES string of the molecule is CCOc1cc(C=Nc2ccc(Br)cc2)ccc1OC(=O)C12CC3CC(CC(C3)C1)C2. The highest BCUT2D eigenvalue weighted by molar-refractivity contribution is 9.10. The fourth-order valence-electron chi connectivity index (χ4n) is 6.20. The van der Waals surface area contributed by atoms with E-state index in [1.807, 2.05) is 49.4 Å². The fraction of sp³-hybridized carbons (Fsp3) is 0.462. The monoisotopic (exact) mass is 481 g/mol. The first-order valence-corrected chi connectivity index (χ1v) is 12.1. The molecule has 0 aromatic heterocycles.